The summed E-state index contributed by atoms with van der Waals surface area (Å²) in [6.45, 7) is 9.25. The molecule has 4 nitrogen and oxygen atoms in total. The Bertz CT molecular complexity index is 372. The molecule has 2 rings (SSSR count). The van der Waals surface area contributed by atoms with Crippen molar-refractivity contribution in [1.29, 1.82) is 0 Å². The fourth-order valence-electron chi connectivity index (χ4n) is 3.83. The second-order valence-corrected chi connectivity index (χ2v) is 8.56. The number of nitrogens with zero attached hydrogens (tertiary/aromatic N) is 1. The van der Waals surface area contributed by atoms with Gasteiger partial charge in [-0.2, -0.15) is 0 Å². The van der Waals surface area contributed by atoms with Crippen molar-refractivity contribution in [3.05, 3.63) is 0 Å². The summed E-state index contributed by atoms with van der Waals surface area (Å²) < 4.78 is 0. The Balaban J connectivity index is 1.83. The Kier molecular flexibility index (Phi) is 5.89. The summed E-state index contributed by atoms with van der Waals surface area (Å²) in [7, 11) is 0. The summed E-state index contributed by atoms with van der Waals surface area (Å²) >= 11 is 0. The van der Waals surface area contributed by atoms with Crippen LogP contribution in [0.5, 0.6) is 0 Å². The average molecular weight is 310 g/mol. The van der Waals surface area contributed by atoms with E-state index in [0.717, 1.165) is 32.0 Å². The van der Waals surface area contributed by atoms with Gasteiger partial charge >= 0.3 is 0 Å². The third-order valence-electron chi connectivity index (χ3n) is 4.94. The lowest BCUT2D eigenvalue weighted by Crippen LogP contribution is -2.59. The zero-order chi connectivity index (χ0) is 16.2. The molecular formula is C18H34N2O2. The van der Waals surface area contributed by atoms with E-state index in [2.05, 4.69) is 26.1 Å². The van der Waals surface area contributed by atoms with Gasteiger partial charge in [-0.3, -0.25) is 4.79 Å². The summed E-state index contributed by atoms with van der Waals surface area (Å²) in [5.74, 6) is 0.645. The number of aliphatic hydroxyl groups is 1. The molecule has 1 aliphatic heterocycles. The topological polar surface area (TPSA) is 52.6 Å². The lowest BCUT2D eigenvalue weighted by Gasteiger charge is -2.41. The molecule has 0 aromatic heterocycles. The van der Waals surface area contributed by atoms with Crippen LogP contribution in [0.2, 0.25) is 0 Å². The minimum Gasteiger partial charge on any atom is -0.379 e. The van der Waals surface area contributed by atoms with Crippen LogP contribution in [-0.4, -0.2) is 47.7 Å². The van der Waals surface area contributed by atoms with Gasteiger partial charge in [0.15, 0.2) is 5.60 Å². The first-order valence-corrected chi connectivity index (χ1v) is 9.03. The van der Waals surface area contributed by atoms with E-state index in [1.54, 1.807) is 0 Å². The largest absolute Gasteiger partial charge is 0.379 e. The van der Waals surface area contributed by atoms with Gasteiger partial charge in [-0.05, 0) is 43.6 Å². The maximum Gasteiger partial charge on any atom is 0.255 e. The number of carbonyl (C=O) groups is 1. The van der Waals surface area contributed by atoms with Gasteiger partial charge in [-0.15, -0.1) is 0 Å². The molecule has 1 heterocycles. The second-order valence-electron chi connectivity index (χ2n) is 8.56. The molecule has 1 atom stereocenters. The van der Waals surface area contributed by atoms with Gasteiger partial charge in [0.2, 0.25) is 0 Å². The highest BCUT2D eigenvalue weighted by molar-refractivity contribution is 5.86. The molecule has 0 bridgehead atoms. The van der Waals surface area contributed by atoms with Crippen LogP contribution in [0.3, 0.4) is 0 Å². The fourth-order valence-corrected chi connectivity index (χ4v) is 3.83. The van der Waals surface area contributed by atoms with Crippen LogP contribution in [-0.2, 0) is 4.79 Å². The Morgan fingerprint density at radius 2 is 1.91 bits per heavy atom. The van der Waals surface area contributed by atoms with Gasteiger partial charge in [-0.1, -0.05) is 40.0 Å². The second kappa shape index (κ2) is 7.31. The molecule has 2 N–H and O–H groups in total. The standard InChI is InChI=1S/C18H34N2O2/c1-17(2,3)14-20-11-7-10-18(22,16(20)21)13-19-12-15-8-5-4-6-9-15/h15,19,22H,4-14H2,1-3H3/t18-/m1/s1. The van der Waals surface area contributed by atoms with Crippen molar-refractivity contribution in [3.63, 3.8) is 0 Å². The van der Waals surface area contributed by atoms with Gasteiger partial charge in [0.25, 0.3) is 5.91 Å². The summed E-state index contributed by atoms with van der Waals surface area (Å²) in [5.41, 5.74) is -1.12. The van der Waals surface area contributed by atoms with Crippen LogP contribution in [0.25, 0.3) is 0 Å². The summed E-state index contributed by atoms with van der Waals surface area (Å²) in [5, 5.41) is 14.2. The molecule has 0 aromatic rings. The summed E-state index contributed by atoms with van der Waals surface area (Å²) in [6.07, 6.45) is 8.07. The van der Waals surface area contributed by atoms with Crippen LogP contribution in [0, 0.1) is 11.3 Å². The molecule has 22 heavy (non-hydrogen) atoms. The van der Waals surface area contributed by atoms with Crippen LogP contribution in [0.1, 0.15) is 65.7 Å². The molecule has 0 unspecified atom stereocenters. The zero-order valence-electron chi connectivity index (χ0n) is 14.7. The molecule has 0 spiro atoms. The van der Waals surface area contributed by atoms with Crippen LogP contribution in [0.4, 0.5) is 0 Å². The Morgan fingerprint density at radius 3 is 2.55 bits per heavy atom. The minimum absolute atomic E-state index is 0.0729. The Labute approximate surface area is 135 Å². The molecule has 2 fully saturated rings. The number of amides is 1. The first-order valence-electron chi connectivity index (χ1n) is 9.03. The number of carbonyl (C=O) groups excluding carboxylic acids is 1. The number of hydrogen-bond acceptors (Lipinski definition) is 3. The SMILES string of the molecule is CC(C)(C)CN1CCC[C@@](O)(CNCC2CCCCC2)C1=O. The highest BCUT2D eigenvalue weighted by Crippen LogP contribution is 2.26. The molecule has 1 saturated heterocycles. The molecule has 4 heteroatoms. The van der Waals surface area contributed by atoms with E-state index >= 15 is 0 Å². The smallest absolute Gasteiger partial charge is 0.255 e. The van der Waals surface area contributed by atoms with E-state index in [9.17, 15) is 9.90 Å². The van der Waals surface area contributed by atoms with Gasteiger partial charge in [0.1, 0.15) is 0 Å². The van der Waals surface area contributed by atoms with Crippen molar-refractivity contribution < 1.29 is 9.90 Å². The van der Waals surface area contributed by atoms with E-state index in [0.29, 0.717) is 13.0 Å². The van der Waals surface area contributed by atoms with Crippen molar-refractivity contribution in [1.82, 2.24) is 10.2 Å². The average Bonchev–Trinajstić information content (AvgIpc) is 2.44. The molecule has 0 aromatic carbocycles. The normalized spacial score (nSPS) is 28.2. The van der Waals surface area contributed by atoms with E-state index < -0.39 is 5.60 Å². The molecule has 128 valence electrons. The van der Waals surface area contributed by atoms with E-state index in [1.165, 1.54) is 32.1 Å². The van der Waals surface area contributed by atoms with Gasteiger partial charge in [0, 0.05) is 19.6 Å². The minimum atomic E-state index is -1.20. The van der Waals surface area contributed by atoms with E-state index in [4.69, 9.17) is 0 Å². The van der Waals surface area contributed by atoms with Gasteiger partial charge in [0.05, 0.1) is 0 Å². The fraction of sp³-hybridized carbons (Fsp3) is 0.944. The summed E-state index contributed by atoms with van der Waals surface area (Å²) in [6, 6.07) is 0. The Hall–Kier alpha value is -0.610. The van der Waals surface area contributed by atoms with E-state index in [-0.39, 0.29) is 11.3 Å². The molecule has 1 aliphatic carbocycles. The lowest BCUT2D eigenvalue weighted by atomic mass is 9.87. The van der Waals surface area contributed by atoms with Crippen molar-refractivity contribution in [3.8, 4) is 0 Å². The number of likely N-dealkylation sites (tertiary alicyclic amines) is 1. The predicted octanol–water partition coefficient (Wildman–Crippen LogP) is 2.56. The molecule has 2 aliphatic rings. The first-order chi connectivity index (χ1) is 10.3. The van der Waals surface area contributed by atoms with E-state index in [1.807, 2.05) is 4.90 Å². The monoisotopic (exact) mass is 310 g/mol. The highest BCUT2D eigenvalue weighted by Gasteiger charge is 2.42. The number of nitrogens with one attached hydrogen (secondary N) is 1. The van der Waals surface area contributed by atoms with Crippen molar-refractivity contribution in [2.24, 2.45) is 11.3 Å². The molecular weight excluding hydrogens is 276 g/mol. The van der Waals surface area contributed by atoms with Crippen molar-refractivity contribution >= 4 is 5.91 Å². The number of rotatable bonds is 5. The number of piperidine rings is 1. The maximum absolute atomic E-state index is 12.6. The quantitative estimate of drug-likeness (QED) is 0.820. The zero-order valence-corrected chi connectivity index (χ0v) is 14.7. The first kappa shape index (κ1) is 17.7. The van der Waals surface area contributed by atoms with Crippen LogP contribution >= 0.6 is 0 Å². The lowest BCUT2D eigenvalue weighted by molar-refractivity contribution is -0.158. The molecule has 0 radical (unpaired) electrons. The van der Waals surface area contributed by atoms with Gasteiger partial charge < -0.3 is 15.3 Å². The summed E-state index contributed by atoms with van der Waals surface area (Å²) in [4.78, 5) is 14.5. The van der Waals surface area contributed by atoms with Crippen molar-refractivity contribution in [2.75, 3.05) is 26.2 Å². The third kappa shape index (κ3) is 4.95. The molecule has 1 amide bonds. The maximum atomic E-state index is 12.6. The highest BCUT2D eigenvalue weighted by atomic mass is 16.3. The predicted molar refractivity (Wildman–Crippen MR) is 89.7 cm³/mol. The van der Waals surface area contributed by atoms with Crippen molar-refractivity contribution in [2.45, 2.75) is 71.3 Å². The third-order valence-corrected chi connectivity index (χ3v) is 4.94. The molecule has 1 saturated carbocycles. The van der Waals surface area contributed by atoms with Crippen LogP contribution in [0.15, 0.2) is 0 Å². The number of hydrogen-bond donors (Lipinski definition) is 2. The van der Waals surface area contributed by atoms with Crippen LogP contribution < -0.4 is 5.32 Å². The van der Waals surface area contributed by atoms with Gasteiger partial charge in [-0.25, -0.2) is 0 Å². The Morgan fingerprint density at radius 1 is 1.23 bits per heavy atom.